The second-order valence-corrected chi connectivity index (χ2v) is 5.16. The molecule has 3 rings (SSSR count). The minimum Gasteiger partial charge on any atom is -0.503 e. The van der Waals surface area contributed by atoms with Crippen molar-refractivity contribution < 1.29 is 9.52 Å². The van der Waals surface area contributed by atoms with Gasteiger partial charge in [-0.2, -0.15) is 10.2 Å². The van der Waals surface area contributed by atoms with E-state index in [1.807, 2.05) is 6.07 Å². The van der Waals surface area contributed by atoms with Crippen LogP contribution in [0.3, 0.4) is 0 Å². The first-order chi connectivity index (χ1) is 10.2. The van der Waals surface area contributed by atoms with Gasteiger partial charge in [0.2, 0.25) is 0 Å². The summed E-state index contributed by atoms with van der Waals surface area (Å²) in [6, 6.07) is 12.0. The summed E-state index contributed by atoms with van der Waals surface area (Å²) < 4.78 is 5.76. The third-order valence-electron chi connectivity index (χ3n) is 2.84. The zero-order valence-electron chi connectivity index (χ0n) is 10.6. The number of hydrogen-bond donors (Lipinski definition) is 1. The summed E-state index contributed by atoms with van der Waals surface area (Å²) >= 11 is 1.17. The average Bonchev–Trinajstić information content (AvgIpc) is 3.02. The summed E-state index contributed by atoms with van der Waals surface area (Å²) in [7, 11) is 0. The van der Waals surface area contributed by atoms with E-state index in [4.69, 9.17) is 4.42 Å². The molecule has 3 aromatic rings. The molecule has 2 heterocycles. The van der Waals surface area contributed by atoms with E-state index >= 15 is 0 Å². The molecule has 0 aliphatic heterocycles. The predicted molar refractivity (Wildman–Crippen MR) is 79.7 cm³/mol. The van der Waals surface area contributed by atoms with E-state index in [1.54, 1.807) is 30.3 Å². The SMILES string of the molecule is N#C/C(=C(/O)c1ccco1)c1nc(=O)c2ccccc2s1. The number of fused-ring (bicyclic) bond motifs is 1. The Morgan fingerprint density at radius 2 is 2.10 bits per heavy atom. The van der Waals surface area contributed by atoms with Gasteiger partial charge in [-0.05, 0) is 24.3 Å². The molecule has 0 fully saturated rings. The molecule has 102 valence electrons. The second-order valence-electron chi connectivity index (χ2n) is 4.13. The highest BCUT2D eigenvalue weighted by atomic mass is 32.1. The van der Waals surface area contributed by atoms with Crippen LogP contribution in [0, 0.1) is 11.3 Å². The van der Waals surface area contributed by atoms with E-state index in [-0.39, 0.29) is 22.1 Å². The number of aliphatic hydroxyl groups excluding tert-OH is 1. The van der Waals surface area contributed by atoms with Crippen LogP contribution in [0.15, 0.2) is 51.9 Å². The van der Waals surface area contributed by atoms with Gasteiger partial charge in [-0.25, -0.2) is 0 Å². The van der Waals surface area contributed by atoms with Crippen molar-refractivity contribution in [3.8, 4) is 6.07 Å². The molecule has 0 saturated heterocycles. The molecule has 0 aliphatic carbocycles. The van der Waals surface area contributed by atoms with Crippen molar-refractivity contribution >= 4 is 32.8 Å². The molecule has 0 amide bonds. The molecular weight excluding hydrogens is 288 g/mol. The largest absolute Gasteiger partial charge is 0.503 e. The summed E-state index contributed by atoms with van der Waals surface area (Å²) in [5, 5.41) is 20.0. The third kappa shape index (κ3) is 2.30. The van der Waals surface area contributed by atoms with Crippen LogP contribution in [-0.4, -0.2) is 10.1 Å². The number of aliphatic hydroxyl groups is 1. The Morgan fingerprint density at radius 3 is 2.81 bits per heavy atom. The number of allylic oxidation sites excluding steroid dienone is 1. The molecular formula is C15H8N2O3S. The molecule has 0 atom stereocenters. The van der Waals surface area contributed by atoms with Crippen LogP contribution in [0.5, 0.6) is 0 Å². The van der Waals surface area contributed by atoms with Crippen molar-refractivity contribution in [2.75, 3.05) is 0 Å². The second kappa shape index (κ2) is 5.23. The van der Waals surface area contributed by atoms with E-state index in [0.717, 1.165) is 0 Å². The Labute approximate surface area is 123 Å². The number of nitriles is 1. The first-order valence-electron chi connectivity index (χ1n) is 5.98. The van der Waals surface area contributed by atoms with Crippen molar-refractivity contribution in [1.82, 2.24) is 4.98 Å². The van der Waals surface area contributed by atoms with Crippen molar-refractivity contribution in [3.05, 3.63) is 63.8 Å². The highest BCUT2D eigenvalue weighted by Crippen LogP contribution is 2.27. The number of hydrogen-bond acceptors (Lipinski definition) is 6. The fraction of sp³-hybridized carbons (Fsp3) is 0. The van der Waals surface area contributed by atoms with Gasteiger partial charge in [0.15, 0.2) is 11.5 Å². The summed E-state index contributed by atoms with van der Waals surface area (Å²) in [4.78, 5) is 15.9. The lowest BCUT2D eigenvalue weighted by Crippen LogP contribution is -2.07. The van der Waals surface area contributed by atoms with Crippen LogP contribution >= 0.6 is 11.3 Å². The minimum absolute atomic E-state index is 0.0854. The zero-order chi connectivity index (χ0) is 14.8. The van der Waals surface area contributed by atoms with Crippen LogP contribution in [0.1, 0.15) is 10.8 Å². The van der Waals surface area contributed by atoms with E-state index in [1.165, 1.54) is 23.7 Å². The van der Waals surface area contributed by atoms with E-state index in [9.17, 15) is 15.2 Å². The smallest absolute Gasteiger partial charge is 0.279 e. The van der Waals surface area contributed by atoms with Gasteiger partial charge in [-0.1, -0.05) is 12.1 Å². The van der Waals surface area contributed by atoms with Gasteiger partial charge < -0.3 is 9.52 Å². The van der Waals surface area contributed by atoms with E-state index in [2.05, 4.69) is 4.98 Å². The maximum atomic E-state index is 12.0. The van der Waals surface area contributed by atoms with Gasteiger partial charge in [0.05, 0.1) is 11.6 Å². The maximum Gasteiger partial charge on any atom is 0.279 e. The monoisotopic (exact) mass is 296 g/mol. The quantitative estimate of drug-likeness (QED) is 0.579. The van der Waals surface area contributed by atoms with Crippen LogP contribution in [0.25, 0.3) is 21.4 Å². The molecule has 0 bridgehead atoms. The van der Waals surface area contributed by atoms with E-state index in [0.29, 0.717) is 10.1 Å². The number of aromatic nitrogens is 1. The molecule has 0 saturated carbocycles. The van der Waals surface area contributed by atoms with Gasteiger partial charge in [0.1, 0.15) is 16.6 Å². The van der Waals surface area contributed by atoms with Crippen molar-refractivity contribution in [2.45, 2.75) is 0 Å². The Bertz CT molecular complexity index is 933. The number of furan rings is 1. The number of rotatable bonds is 2. The van der Waals surface area contributed by atoms with Crippen molar-refractivity contribution in [1.29, 1.82) is 5.26 Å². The normalized spacial score (nSPS) is 12.0. The van der Waals surface area contributed by atoms with E-state index < -0.39 is 5.56 Å². The highest BCUT2D eigenvalue weighted by Gasteiger charge is 2.16. The Balaban J connectivity index is 2.26. The minimum atomic E-state index is -0.431. The summed E-state index contributed by atoms with van der Waals surface area (Å²) in [5.74, 6) is -0.179. The van der Waals surface area contributed by atoms with Crippen LogP contribution in [0.4, 0.5) is 0 Å². The first-order valence-corrected chi connectivity index (χ1v) is 6.80. The zero-order valence-corrected chi connectivity index (χ0v) is 11.4. The molecule has 1 aromatic carbocycles. The standard InChI is InChI=1S/C15H8N2O3S/c16-8-10(13(18)11-5-3-7-20-11)15-17-14(19)9-4-1-2-6-12(9)21-15/h1-7,18H/b13-10-. The third-order valence-corrected chi connectivity index (χ3v) is 3.91. The molecule has 6 heteroatoms. The molecule has 0 radical (unpaired) electrons. The lowest BCUT2D eigenvalue weighted by Gasteiger charge is -2.02. The number of nitrogens with zero attached hydrogens (tertiary/aromatic N) is 2. The summed E-state index contributed by atoms with van der Waals surface area (Å²) in [6.07, 6.45) is 1.39. The Kier molecular flexibility index (Phi) is 3.26. The molecule has 5 nitrogen and oxygen atoms in total. The number of benzene rings is 1. The van der Waals surface area contributed by atoms with Gasteiger partial charge >= 0.3 is 0 Å². The molecule has 21 heavy (non-hydrogen) atoms. The summed E-state index contributed by atoms with van der Waals surface area (Å²) in [6.45, 7) is 0. The molecule has 1 N–H and O–H groups in total. The Morgan fingerprint density at radius 1 is 1.29 bits per heavy atom. The van der Waals surface area contributed by atoms with Gasteiger partial charge in [0.25, 0.3) is 5.56 Å². The van der Waals surface area contributed by atoms with Gasteiger partial charge in [0, 0.05) is 4.70 Å². The van der Waals surface area contributed by atoms with Crippen LogP contribution in [0.2, 0.25) is 0 Å². The molecule has 0 aliphatic rings. The maximum absolute atomic E-state index is 12.0. The fourth-order valence-corrected chi connectivity index (χ4v) is 2.85. The van der Waals surface area contributed by atoms with Gasteiger partial charge in [-0.15, -0.1) is 11.3 Å². The lowest BCUT2D eigenvalue weighted by molar-refractivity contribution is 0.461. The summed E-state index contributed by atoms with van der Waals surface area (Å²) in [5.41, 5.74) is -0.517. The molecule has 0 spiro atoms. The first kappa shape index (κ1) is 13.1. The van der Waals surface area contributed by atoms with Crippen LogP contribution < -0.4 is 5.56 Å². The van der Waals surface area contributed by atoms with Crippen molar-refractivity contribution in [2.24, 2.45) is 0 Å². The predicted octanol–water partition coefficient (Wildman–Crippen LogP) is 3.20. The molecule has 0 unspecified atom stereocenters. The van der Waals surface area contributed by atoms with Gasteiger partial charge in [-0.3, -0.25) is 4.79 Å². The molecule has 2 aromatic heterocycles. The van der Waals surface area contributed by atoms with Crippen LogP contribution in [-0.2, 0) is 0 Å². The van der Waals surface area contributed by atoms with Crippen molar-refractivity contribution in [3.63, 3.8) is 0 Å². The lowest BCUT2D eigenvalue weighted by atomic mass is 10.2. The average molecular weight is 296 g/mol. The highest BCUT2D eigenvalue weighted by molar-refractivity contribution is 7.19. The Hall–Kier alpha value is -2.91. The topological polar surface area (TPSA) is 87.1 Å². The fourth-order valence-electron chi connectivity index (χ4n) is 1.86.